The number of nitrogen functional groups attached to an aromatic ring is 1. The van der Waals surface area contributed by atoms with Crippen LogP contribution in [0.15, 0.2) is 0 Å². The van der Waals surface area contributed by atoms with E-state index in [0.717, 1.165) is 5.82 Å². The minimum atomic E-state index is 0.707. The average molecular weight is 151 g/mol. The normalized spacial score (nSPS) is 17.3. The molecular formula is C8H13N3. The van der Waals surface area contributed by atoms with Crippen LogP contribution in [0.25, 0.3) is 0 Å². The van der Waals surface area contributed by atoms with Crippen LogP contribution in [0.3, 0.4) is 0 Å². The third-order valence-corrected chi connectivity index (χ3v) is 2.34. The van der Waals surface area contributed by atoms with E-state index < -0.39 is 0 Å². The molecule has 0 radical (unpaired) electrons. The topological polar surface area (TPSA) is 43.8 Å². The monoisotopic (exact) mass is 151 g/mol. The highest BCUT2D eigenvalue weighted by atomic mass is 15.3. The van der Waals surface area contributed by atoms with E-state index in [0.29, 0.717) is 5.92 Å². The third kappa shape index (κ3) is 0.914. The van der Waals surface area contributed by atoms with Crippen LogP contribution in [0.1, 0.15) is 30.0 Å². The van der Waals surface area contributed by atoms with Crippen molar-refractivity contribution in [2.24, 2.45) is 7.05 Å². The highest BCUT2D eigenvalue weighted by Crippen LogP contribution is 2.41. The van der Waals surface area contributed by atoms with Crippen LogP contribution in [0.2, 0.25) is 0 Å². The molecule has 1 aliphatic rings. The van der Waals surface area contributed by atoms with Crippen molar-refractivity contribution in [2.45, 2.75) is 25.7 Å². The van der Waals surface area contributed by atoms with Crippen molar-refractivity contribution in [1.29, 1.82) is 0 Å². The largest absolute Gasteiger partial charge is 0.384 e. The van der Waals surface area contributed by atoms with Crippen LogP contribution >= 0.6 is 0 Å². The number of nitrogens with two attached hydrogens (primary N) is 1. The summed E-state index contributed by atoms with van der Waals surface area (Å²) in [5.74, 6) is 1.52. The summed E-state index contributed by atoms with van der Waals surface area (Å²) in [4.78, 5) is 0. The Morgan fingerprint density at radius 2 is 2.18 bits per heavy atom. The first-order valence-electron chi connectivity index (χ1n) is 3.99. The molecule has 0 amide bonds. The fourth-order valence-corrected chi connectivity index (χ4v) is 1.41. The number of nitrogens with zero attached hydrogens (tertiary/aromatic N) is 2. The number of aromatic nitrogens is 2. The Kier molecular flexibility index (Phi) is 1.22. The summed E-state index contributed by atoms with van der Waals surface area (Å²) in [6.07, 6.45) is 2.58. The van der Waals surface area contributed by atoms with Gasteiger partial charge in [0.2, 0.25) is 0 Å². The molecule has 11 heavy (non-hydrogen) atoms. The van der Waals surface area contributed by atoms with Crippen LogP contribution in [-0.4, -0.2) is 9.78 Å². The van der Waals surface area contributed by atoms with Gasteiger partial charge < -0.3 is 5.73 Å². The van der Waals surface area contributed by atoms with Crippen LogP contribution in [0, 0.1) is 6.92 Å². The average Bonchev–Trinajstić information content (AvgIpc) is 2.76. The summed E-state index contributed by atoms with van der Waals surface area (Å²) in [5, 5.41) is 4.36. The Balaban J connectivity index is 2.46. The van der Waals surface area contributed by atoms with Crippen LogP contribution in [-0.2, 0) is 7.05 Å². The lowest BCUT2D eigenvalue weighted by Crippen LogP contribution is -1.97. The molecule has 1 heterocycles. The van der Waals surface area contributed by atoms with Gasteiger partial charge in [-0.15, -0.1) is 0 Å². The first kappa shape index (κ1) is 6.70. The second kappa shape index (κ2) is 2.00. The first-order valence-corrected chi connectivity index (χ1v) is 3.99. The summed E-state index contributed by atoms with van der Waals surface area (Å²) in [7, 11) is 1.90. The first-order chi connectivity index (χ1) is 5.20. The molecule has 0 atom stereocenters. The third-order valence-electron chi connectivity index (χ3n) is 2.34. The highest BCUT2D eigenvalue weighted by molar-refractivity contribution is 5.44. The molecule has 0 spiro atoms. The van der Waals surface area contributed by atoms with Crippen molar-refractivity contribution < 1.29 is 0 Å². The van der Waals surface area contributed by atoms with Crippen molar-refractivity contribution in [1.82, 2.24) is 9.78 Å². The molecule has 2 N–H and O–H groups in total. The van der Waals surface area contributed by atoms with E-state index in [2.05, 4.69) is 12.0 Å². The summed E-state index contributed by atoms with van der Waals surface area (Å²) in [5.41, 5.74) is 8.16. The summed E-state index contributed by atoms with van der Waals surface area (Å²) in [6.45, 7) is 2.05. The van der Waals surface area contributed by atoms with Crippen LogP contribution in [0.4, 0.5) is 5.82 Å². The van der Waals surface area contributed by atoms with Gasteiger partial charge in [0, 0.05) is 18.5 Å². The molecule has 0 aliphatic heterocycles. The fraction of sp³-hybridized carbons (Fsp3) is 0.625. The summed E-state index contributed by atoms with van der Waals surface area (Å²) >= 11 is 0. The van der Waals surface area contributed by atoms with Gasteiger partial charge in [-0.1, -0.05) is 0 Å². The molecule has 1 aromatic heterocycles. The van der Waals surface area contributed by atoms with E-state index in [4.69, 9.17) is 5.73 Å². The Morgan fingerprint density at radius 1 is 1.55 bits per heavy atom. The molecule has 0 unspecified atom stereocenters. The van der Waals surface area contributed by atoms with Crippen LogP contribution < -0.4 is 5.73 Å². The van der Waals surface area contributed by atoms with Crippen LogP contribution in [0.5, 0.6) is 0 Å². The lowest BCUT2D eigenvalue weighted by molar-refractivity contribution is 0.753. The molecule has 1 aromatic rings. The van der Waals surface area contributed by atoms with Gasteiger partial charge in [-0.25, -0.2) is 0 Å². The van der Waals surface area contributed by atoms with Gasteiger partial charge in [0.1, 0.15) is 5.82 Å². The molecule has 1 aliphatic carbocycles. The maximum atomic E-state index is 5.77. The van der Waals surface area contributed by atoms with Gasteiger partial charge in [-0.2, -0.15) is 5.10 Å². The smallest absolute Gasteiger partial charge is 0.124 e. The minimum absolute atomic E-state index is 0.707. The molecule has 1 saturated carbocycles. The standard InChI is InChI=1S/C8H13N3/c1-5-7(6-3-4-6)10-11(2)8(5)9/h6H,3-4,9H2,1-2H3. The van der Waals surface area contributed by atoms with Gasteiger partial charge >= 0.3 is 0 Å². The van der Waals surface area contributed by atoms with Gasteiger partial charge in [0.05, 0.1) is 5.69 Å². The van der Waals surface area contributed by atoms with Gasteiger partial charge in [0.15, 0.2) is 0 Å². The fourth-order valence-electron chi connectivity index (χ4n) is 1.41. The van der Waals surface area contributed by atoms with Gasteiger partial charge in [-0.05, 0) is 19.8 Å². The Hall–Kier alpha value is -0.990. The van der Waals surface area contributed by atoms with Crippen molar-refractivity contribution >= 4 is 5.82 Å². The second-order valence-corrected chi connectivity index (χ2v) is 3.29. The number of aryl methyl sites for hydroxylation is 1. The molecule has 2 rings (SSSR count). The molecule has 3 heteroatoms. The predicted molar refractivity (Wildman–Crippen MR) is 44.3 cm³/mol. The number of anilines is 1. The number of hydrogen-bond donors (Lipinski definition) is 1. The van der Waals surface area contributed by atoms with E-state index in [1.165, 1.54) is 24.1 Å². The van der Waals surface area contributed by atoms with Gasteiger partial charge in [0.25, 0.3) is 0 Å². The van der Waals surface area contributed by atoms with Crippen molar-refractivity contribution in [3.8, 4) is 0 Å². The maximum absolute atomic E-state index is 5.77. The van der Waals surface area contributed by atoms with Crippen molar-refractivity contribution in [2.75, 3.05) is 5.73 Å². The minimum Gasteiger partial charge on any atom is -0.384 e. The molecule has 60 valence electrons. The molecule has 0 aromatic carbocycles. The zero-order valence-corrected chi connectivity index (χ0v) is 6.96. The van der Waals surface area contributed by atoms with Crippen molar-refractivity contribution in [3.05, 3.63) is 11.3 Å². The summed E-state index contributed by atoms with van der Waals surface area (Å²) in [6, 6.07) is 0. The van der Waals surface area contributed by atoms with E-state index in [1.807, 2.05) is 7.05 Å². The second-order valence-electron chi connectivity index (χ2n) is 3.29. The van der Waals surface area contributed by atoms with Gasteiger partial charge in [-0.3, -0.25) is 4.68 Å². The lowest BCUT2D eigenvalue weighted by Gasteiger charge is -1.91. The molecular weight excluding hydrogens is 138 g/mol. The highest BCUT2D eigenvalue weighted by Gasteiger charge is 2.28. The Bertz CT molecular complexity index is 284. The molecule has 3 nitrogen and oxygen atoms in total. The predicted octanol–water partition coefficient (Wildman–Crippen LogP) is 1.19. The zero-order chi connectivity index (χ0) is 8.01. The Morgan fingerprint density at radius 3 is 2.55 bits per heavy atom. The lowest BCUT2D eigenvalue weighted by atomic mass is 10.2. The Labute approximate surface area is 66.2 Å². The van der Waals surface area contributed by atoms with E-state index in [-0.39, 0.29) is 0 Å². The molecule has 0 bridgehead atoms. The van der Waals surface area contributed by atoms with E-state index in [1.54, 1.807) is 4.68 Å². The number of rotatable bonds is 1. The SMILES string of the molecule is Cc1c(C2CC2)nn(C)c1N. The molecule has 1 fully saturated rings. The van der Waals surface area contributed by atoms with E-state index in [9.17, 15) is 0 Å². The number of hydrogen-bond acceptors (Lipinski definition) is 2. The maximum Gasteiger partial charge on any atom is 0.124 e. The molecule has 0 saturated heterocycles. The van der Waals surface area contributed by atoms with E-state index >= 15 is 0 Å². The quantitative estimate of drug-likeness (QED) is 0.655. The summed E-state index contributed by atoms with van der Waals surface area (Å²) < 4.78 is 1.77. The van der Waals surface area contributed by atoms with Crippen molar-refractivity contribution in [3.63, 3.8) is 0 Å². The zero-order valence-electron chi connectivity index (χ0n) is 6.96.